The average Bonchev–Trinajstić information content (AvgIpc) is 3.37. The summed E-state index contributed by atoms with van der Waals surface area (Å²) in [5.41, 5.74) is 5.85. The number of anilines is 1. The topological polar surface area (TPSA) is 138 Å². The maximum atomic E-state index is 12.7. The monoisotopic (exact) mass is 579 g/mol. The van der Waals surface area contributed by atoms with Crippen molar-refractivity contribution >= 4 is 61.8 Å². The standard InChI is InChI=1S/C22H22BrN5O5S2/c1-4-9-28-15(10-33-14-7-5-13(23)6-8-14)26-27-22(28)34-11-16(29)25-20-17(21(31)32-3)12(2)18(35-20)19(24)30/h4-8H,1,9-11H2,2-3H3,(H2,24,30)(H,25,29). The lowest BCUT2D eigenvalue weighted by Crippen LogP contribution is -2.16. The number of nitrogens with zero attached hydrogens (tertiary/aromatic N) is 3. The fourth-order valence-electron chi connectivity index (χ4n) is 3.00. The molecule has 2 heterocycles. The van der Waals surface area contributed by atoms with Crippen molar-refractivity contribution < 1.29 is 23.9 Å². The van der Waals surface area contributed by atoms with Gasteiger partial charge in [0.1, 0.15) is 17.4 Å². The Balaban J connectivity index is 1.69. The van der Waals surface area contributed by atoms with E-state index in [9.17, 15) is 14.4 Å². The number of rotatable bonds is 11. The maximum absolute atomic E-state index is 12.7. The number of aromatic nitrogens is 3. The van der Waals surface area contributed by atoms with Crippen molar-refractivity contribution in [2.24, 2.45) is 5.73 Å². The van der Waals surface area contributed by atoms with Crippen LogP contribution in [0, 0.1) is 6.92 Å². The molecule has 0 saturated heterocycles. The van der Waals surface area contributed by atoms with Crippen molar-refractivity contribution in [3.63, 3.8) is 0 Å². The highest BCUT2D eigenvalue weighted by molar-refractivity contribution is 9.10. The number of thiophene rings is 1. The molecule has 3 N–H and O–H groups in total. The fraction of sp³-hybridized carbons (Fsp3) is 0.227. The Morgan fingerprint density at radius 2 is 2.00 bits per heavy atom. The van der Waals surface area contributed by atoms with Crippen molar-refractivity contribution in [2.45, 2.75) is 25.2 Å². The summed E-state index contributed by atoms with van der Waals surface area (Å²) >= 11 is 5.47. The van der Waals surface area contributed by atoms with Gasteiger partial charge in [0.15, 0.2) is 11.0 Å². The Labute approximate surface area is 218 Å². The second-order valence-electron chi connectivity index (χ2n) is 6.99. The molecule has 0 saturated carbocycles. The zero-order chi connectivity index (χ0) is 25.5. The highest BCUT2D eigenvalue weighted by atomic mass is 79.9. The Hall–Kier alpha value is -3.16. The van der Waals surface area contributed by atoms with Crippen molar-refractivity contribution in [1.29, 1.82) is 0 Å². The third-order valence-electron chi connectivity index (χ3n) is 4.63. The van der Waals surface area contributed by atoms with Crippen molar-refractivity contribution in [1.82, 2.24) is 14.8 Å². The second kappa shape index (κ2) is 12.0. The number of halogens is 1. The van der Waals surface area contributed by atoms with Crippen molar-refractivity contribution in [3.8, 4) is 5.75 Å². The lowest BCUT2D eigenvalue weighted by Gasteiger charge is -2.09. The first-order valence-electron chi connectivity index (χ1n) is 10.1. The van der Waals surface area contributed by atoms with E-state index in [4.69, 9.17) is 15.2 Å². The van der Waals surface area contributed by atoms with Crippen LogP contribution in [-0.2, 0) is 22.7 Å². The quantitative estimate of drug-likeness (QED) is 0.199. The highest BCUT2D eigenvalue weighted by Crippen LogP contribution is 2.33. The minimum Gasteiger partial charge on any atom is -0.486 e. The van der Waals surface area contributed by atoms with Gasteiger partial charge in [0, 0.05) is 11.0 Å². The van der Waals surface area contributed by atoms with E-state index in [0.717, 1.165) is 27.6 Å². The summed E-state index contributed by atoms with van der Waals surface area (Å²) in [5, 5.41) is 11.7. The molecule has 2 aromatic heterocycles. The average molecular weight is 580 g/mol. The lowest BCUT2D eigenvalue weighted by atomic mass is 10.1. The first-order chi connectivity index (χ1) is 16.7. The van der Waals surface area contributed by atoms with Gasteiger partial charge in [-0.15, -0.1) is 28.1 Å². The Bertz CT molecular complexity index is 1260. The molecule has 0 fully saturated rings. The largest absolute Gasteiger partial charge is 0.486 e. The summed E-state index contributed by atoms with van der Waals surface area (Å²) in [7, 11) is 1.22. The van der Waals surface area contributed by atoms with Gasteiger partial charge in [0.2, 0.25) is 5.91 Å². The maximum Gasteiger partial charge on any atom is 0.341 e. The summed E-state index contributed by atoms with van der Waals surface area (Å²) < 4.78 is 13.3. The molecule has 3 rings (SSSR count). The molecule has 2 amide bonds. The van der Waals surface area contributed by atoms with E-state index in [1.807, 2.05) is 24.3 Å². The van der Waals surface area contributed by atoms with E-state index < -0.39 is 17.8 Å². The number of amides is 2. The van der Waals surface area contributed by atoms with E-state index in [1.54, 1.807) is 17.6 Å². The van der Waals surface area contributed by atoms with Gasteiger partial charge in [0.05, 0.1) is 23.3 Å². The second-order valence-corrected chi connectivity index (χ2v) is 9.87. The number of hydrogen-bond acceptors (Lipinski definition) is 9. The Morgan fingerprint density at radius 3 is 2.63 bits per heavy atom. The van der Waals surface area contributed by atoms with Crippen LogP contribution in [0.3, 0.4) is 0 Å². The molecule has 0 aliphatic heterocycles. The summed E-state index contributed by atoms with van der Waals surface area (Å²) in [4.78, 5) is 36.7. The number of nitrogens with two attached hydrogens (primary N) is 1. The van der Waals surface area contributed by atoms with Crippen LogP contribution in [0.4, 0.5) is 5.00 Å². The molecule has 0 unspecified atom stereocenters. The number of hydrogen-bond donors (Lipinski definition) is 2. The molecule has 0 spiro atoms. The summed E-state index contributed by atoms with van der Waals surface area (Å²) in [6.45, 7) is 5.94. The van der Waals surface area contributed by atoms with Gasteiger partial charge >= 0.3 is 5.97 Å². The molecule has 13 heteroatoms. The van der Waals surface area contributed by atoms with Gasteiger partial charge in [-0.25, -0.2) is 4.79 Å². The van der Waals surface area contributed by atoms with Crippen LogP contribution in [0.25, 0.3) is 0 Å². The molecule has 0 bridgehead atoms. The normalized spacial score (nSPS) is 10.6. The molecular weight excluding hydrogens is 558 g/mol. The molecule has 184 valence electrons. The van der Waals surface area contributed by atoms with Crippen LogP contribution in [0.5, 0.6) is 5.75 Å². The molecule has 1 aromatic carbocycles. The summed E-state index contributed by atoms with van der Waals surface area (Å²) in [6, 6.07) is 7.40. The highest BCUT2D eigenvalue weighted by Gasteiger charge is 2.25. The number of primary amides is 1. The number of ether oxygens (including phenoxy) is 2. The van der Waals surface area contributed by atoms with Gasteiger partial charge in [-0.3, -0.25) is 14.2 Å². The zero-order valence-electron chi connectivity index (χ0n) is 18.9. The predicted molar refractivity (Wildman–Crippen MR) is 137 cm³/mol. The van der Waals surface area contributed by atoms with Crippen molar-refractivity contribution in [3.05, 3.63) is 63.2 Å². The smallest absolute Gasteiger partial charge is 0.341 e. The molecule has 0 atom stereocenters. The number of carbonyl (C=O) groups excluding carboxylic acids is 3. The SMILES string of the molecule is C=CCn1c(COc2ccc(Br)cc2)nnc1SCC(=O)Nc1sc(C(N)=O)c(C)c1C(=O)OC. The number of thioether (sulfide) groups is 1. The summed E-state index contributed by atoms with van der Waals surface area (Å²) in [6.07, 6.45) is 1.69. The molecular formula is C22H22BrN5O5S2. The van der Waals surface area contributed by atoms with Crippen LogP contribution in [0.1, 0.15) is 31.4 Å². The lowest BCUT2D eigenvalue weighted by molar-refractivity contribution is -0.113. The molecule has 35 heavy (non-hydrogen) atoms. The Kier molecular flexibility index (Phi) is 9.07. The number of methoxy groups -OCH3 is 1. The third-order valence-corrected chi connectivity index (χ3v) is 7.35. The van der Waals surface area contributed by atoms with E-state index in [1.165, 1.54) is 7.11 Å². The fourth-order valence-corrected chi connectivity index (χ4v) is 5.10. The number of nitrogens with one attached hydrogen (secondary N) is 1. The van der Waals surface area contributed by atoms with Crippen LogP contribution in [-0.4, -0.2) is 45.4 Å². The molecule has 10 nitrogen and oxygen atoms in total. The van der Waals surface area contributed by atoms with Gasteiger partial charge in [0.25, 0.3) is 5.91 Å². The first-order valence-corrected chi connectivity index (χ1v) is 12.7. The molecule has 0 aliphatic carbocycles. The van der Waals surface area contributed by atoms with Crippen molar-refractivity contribution in [2.75, 3.05) is 18.2 Å². The van der Waals surface area contributed by atoms with E-state index >= 15 is 0 Å². The molecule has 0 aliphatic rings. The number of esters is 1. The molecule has 3 aromatic rings. The van der Waals surface area contributed by atoms with E-state index in [2.05, 4.69) is 38.0 Å². The van der Waals surface area contributed by atoms with Gasteiger partial charge in [-0.1, -0.05) is 33.8 Å². The number of benzene rings is 1. The minimum absolute atomic E-state index is 0.0215. The van der Waals surface area contributed by atoms with Crippen LogP contribution in [0.15, 0.2) is 46.5 Å². The summed E-state index contributed by atoms with van der Waals surface area (Å²) in [5.74, 6) is -0.537. The number of allylic oxidation sites excluding steroid dienone is 1. The van der Waals surface area contributed by atoms with Crippen LogP contribution >= 0.6 is 39.0 Å². The van der Waals surface area contributed by atoms with Gasteiger partial charge in [-0.05, 0) is 36.8 Å². The van der Waals surface area contributed by atoms with Crippen LogP contribution in [0.2, 0.25) is 0 Å². The predicted octanol–water partition coefficient (Wildman–Crippen LogP) is 3.79. The van der Waals surface area contributed by atoms with Gasteiger partial charge in [-0.2, -0.15) is 0 Å². The van der Waals surface area contributed by atoms with Crippen LogP contribution < -0.4 is 15.8 Å². The first kappa shape index (κ1) is 26.4. The minimum atomic E-state index is -0.692. The Morgan fingerprint density at radius 1 is 1.29 bits per heavy atom. The zero-order valence-corrected chi connectivity index (χ0v) is 22.1. The van der Waals surface area contributed by atoms with Gasteiger partial charge < -0.3 is 20.5 Å². The number of carbonyl (C=O) groups is 3. The molecule has 0 radical (unpaired) electrons. The van der Waals surface area contributed by atoms with E-state index in [0.29, 0.717) is 28.8 Å². The van der Waals surface area contributed by atoms with E-state index in [-0.39, 0.29) is 27.8 Å². The third kappa shape index (κ3) is 6.50.